The summed E-state index contributed by atoms with van der Waals surface area (Å²) >= 11 is 7.70. The summed E-state index contributed by atoms with van der Waals surface area (Å²) in [6, 6.07) is 13.2. The molecule has 34 heavy (non-hydrogen) atoms. The number of halogens is 1. The van der Waals surface area contributed by atoms with Crippen molar-refractivity contribution in [2.24, 2.45) is 4.99 Å². The van der Waals surface area contributed by atoms with Gasteiger partial charge in [0.25, 0.3) is 5.56 Å². The van der Waals surface area contributed by atoms with Crippen molar-refractivity contribution < 1.29 is 19.1 Å². The molecule has 0 N–H and O–H groups in total. The van der Waals surface area contributed by atoms with E-state index in [1.54, 1.807) is 68.5 Å². The molecule has 0 bridgehead atoms. The molecular weight excluding hydrogens is 476 g/mol. The number of benzene rings is 2. The number of aromatic nitrogens is 1. The molecule has 2 heterocycles. The zero-order chi connectivity index (χ0) is 24.4. The van der Waals surface area contributed by atoms with Crippen LogP contribution >= 0.6 is 22.9 Å². The van der Waals surface area contributed by atoms with Gasteiger partial charge in [0.1, 0.15) is 11.8 Å². The summed E-state index contributed by atoms with van der Waals surface area (Å²) in [7, 11) is 0. The van der Waals surface area contributed by atoms with Crippen LogP contribution in [0, 0.1) is 0 Å². The second-order valence-electron chi connectivity index (χ2n) is 7.49. The molecular formula is C25H21ClN2O5S. The van der Waals surface area contributed by atoms with Crippen LogP contribution in [0.25, 0.3) is 6.08 Å². The van der Waals surface area contributed by atoms with E-state index in [9.17, 15) is 14.4 Å². The molecule has 1 aromatic heterocycles. The number of hydrogen-bond donors (Lipinski definition) is 0. The zero-order valence-corrected chi connectivity index (χ0v) is 20.3. The number of rotatable bonds is 5. The standard InChI is InChI=1S/C25H21ClN2O5S/c1-4-32-24(31)21-14(2)27-25-28(22(21)18-10-5-6-11-19(18)26)23(30)20(34-25)13-16-8-7-9-17(12-16)33-15(3)29/h5-13,22H,4H2,1-3H3/b20-13-/t22-/m1/s1. The number of fused-ring (bicyclic) bond motifs is 1. The first kappa shape index (κ1) is 23.7. The number of hydrogen-bond acceptors (Lipinski definition) is 7. The predicted octanol–water partition coefficient (Wildman–Crippen LogP) is 3.38. The normalized spacial score (nSPS) is 15.5. The van der Waals surface area contributed by atoms with Crippen LogP contribution in [-0.4, -0.2) is 23.1 Å². The van der Waals surface area contributed by atoms with Crippen molar-refractivity contribution in [3.8, 4) is 5.75 Å². The minimum absolute atomic E-state index is 0.188. The van der Waals surface area contributed by atoms with Crippen molar-refractivity contribution in [3.05, 3.63) is 95.6 Å². The molecule has 0 unspecified atom stereocenters. The third-order valence-electron chi connectivity index (χ3n) is 5.13. The quantitative estimate of drug-likeness (QED) is 0.399. The molecule has 3 aromatic rings. The van der Waals surface area contributed by atoms with E-state index in [4.69, 9.17) is 21.1 Å². The number of nitrogens with zero attached hydrogens (tertiary/aromatic N) is 2. The summed E-state index contributed by atoms with van der Waals surface area (Å²) in [6.45, 7) is 4.95. The van der Waals surface area contributed by atoms with Crippen LogP contribution in [0.2, 0.25) is 5.02 Å². The van der Waals surface area contributed by atoms with Gasteiger partial charge in [-0.05, 0) is 49.2 Å². The lowest BCUT2D eigenvalue weighted by Crippen LogP contribution is -2.40. The van der Waals surface area contributed by atoms with Crippen molar-refractivity contribution in [1.29, 1.82) is 0 Å². The van der Waals surface area contributed by atoms with Gasteiger partial charge in [-0.25, -0.2) is 9.79 Å². The van der Waals surface area contributed by atoms with Gasteiger partial charge in [0.05, 0.1) is 22.4 Å². The highest BCUT2D eigenvalue weighted by Gasteiger charge is 2.34. The summed E-state index contributed by atoms with van der Waals surface area (Å²) in [5.41, 5.74) is 1.70. The molecule has 0 spiro atoms. The summed E-state index contributed by atoms with van der Waals surface area (Å²) in [5, 5.41) is 0.424. The van der Waals surface area contributed by atoms with Gasteiger partial charge in [0.15, 0.2) is 4.80 Å². The Balaban J connectivity index is 1.92. The molecule has 7 nitrogen and oxygen atoms in total. The van der Waals surface area contributed by atoms with Crippen molar-refractivity contribution >= 4 is 41.0 Å². The SMILES string of the molecule is CCOC(=O)C1=C(C)N=c2s/c(=C\c3cccc(OC(C)=O)c3)c(=O)n2[C@@H]1c1ccccc1Cl. The van der Waals surface area contributed by atoms with Gasteiger partial charge >= 0.3 is 11.9 Å². The highest BCUT2D eigenvalue weighted by Crippen LogP contribution is 2.34. The first-order chi connectivity index (χ1) is 16.3. The van der Waals surface area contributed by atoms with Gasteiger partial charge < -0.3 is 9.47 Å². The van der Waals surface area contributed by atoms with E-state index in [1.807, 2.05) is 0 Å². The summed E-state index contributed by atoms with van der Waals surface area (Å²) in [5.74, 6) is -0.598. The molecule has 1 atom stereocenters. The molecule has 4 rings (SSSR count). The van der Waals surface area contributed by atoms with Gasteiger partial charge in [-0.1, -0.05) is 53.3 Å². The highest BCUT2D eigenvalue weighted by atomic mass is 35.5. The average Bonchev–Trinajstić information content (AvgIpc) is 3.07. The van der Waals surface area contributed by atoms with Crippen LogP contribution in [0.4, 0.5) is 0 Å². The maximum absolute atomic E-state index is 13.6. The van der Waals surface area contributed by atoms with E-state index < -0.39 is 18.0 Å². The minimum Gasteiger partial charge on any atom is -0.463 e. The third-order valence-corrected chi connectivity index (χ3v) is 6.46. The van der Waals surface area contributed by atoms with E-state index in [1.165, 1.54) is 22.8 Å². The van der Waals surface area contributed by atoms with Crippen LogP contribution < -0.4 is 19.6 Å². The molecule has 1 aliphatic rings. The van der Waals surface area contributed by atoms with Gasteiger partial charge in [-0.15, -0.1) is 0 Å². The fourth-order valence-corrected chi connectivity index (χ4v) is 5.05. The molecule has 0 saturated carbocycles. The maximum Gasteiger partial charge on any atom is 0.338 e. The van der Waals surface area contributed by atoms with Crippen LogP contribution in [0.1, 0.15) is 37.9 Å². The molecule has 0 amide bonds. The van der Waals surface area contributed by atoms with Gasteiger partial charge in [0.2, 0.25) is 0 Å². The van der Waals surface area contributed by atoms with Crippen LogP contribution in [-0.2, 0) is 14.3 Å². The molecule has 0 aliphatic carbocycles. The van der Waals surface area contributed by atoms with E-state index in [2.05, 4.69) is 4.99 Å². The maximum atomic E-state index is 13.6. The Morgan fingerprint density at radius 3 is 2.68 bits per heavy atom. The Kier molecular flexibility index (Phi) is 6.81. The lowest BCUT2D eigenvalue weighted by Gasteiger charge is -2.25. The second-order valence-corrected chi connectivity index (χ2v) is 8.91. The van der Waals surface area contributed by atoms with E-state index in [-0.39, 0.29) is 17.7 Å². The Bertz CT molecular complexity index is 1500. The Morgan fingerprint density at radius 1 is 1.21 bits per heavy atom. The molecule has 0 saturated heterocycles. The monoisotopic (exact) mass is 496 g/mol. The largest absolute Gasteiger partial charge is 0.463 e. The van der Waals surface area contributed by atoms with Gasteiger partial charge in [-0.3, -0.25) is 14.2 Å². The van der Waals surface area contributed by atoms with Gasteiger partial charge in [0, 0.05) is 11.9 Å². The number of thiazole rings is 1. The summed E-state index contributed by atoms with van der Waals surface area (Å²) in [4.78, 5) is 42.8. The molecule has 0 radical (unpaired) electrons. The van der Waals surface area contributed by atoms with Crippen molar-refractivity contribution in [2.45, 2.75) is 26.8 Å². The Morgan fingerprint density at radius 2 is 1.97 bits per heavy atom. The van der Waals surface area contributed by atoms with Crippen LogP contribution in [0.3, 0.4) is 0 Å². The average molecular weight is 497 g/mol. The highest BCUT2D eigenvalue weighted by molar-refractivity contribution is 7.07. The summed E-state index contributed by atoms with van der Waals surface area (Å²) in [6.07, 6.45) is 1.70. The van der Waals surface area contributed by atoms with E-state index in [0.717, 1.165) is 0 Å². The Labute approximate surface area is 204 Å². The number of ether oxygens (including phenoxy) is 2. The van der Waals surface area contributed by atoms with E-state index in [0.29, 0.717) is 36.9 Å². The first-order valence-electron chi connectivity index (χ1n) is 10.5. The van der Waals surface area contributed by atoms with Gasteiger partial charge in [-0.2, -0.15) is 0 Å². The van der Waals surface area contributed by atoms with Crippen LogP contribution in [0.15, 0.2) is 69.6 Å². The molecule has 9 heteroatoms. The Hall–Kier alpha value is -3.49. The number of allylic oxidation sites excluding steroid dienone is 1. The second kappa shape index (κ2) is 9.79. The molecule has 1 aliphatic heterocycles. The van der Waals surface area contributed by atoms with Crippen molar-refractivity contribution in [3.63, 3.8) is 0 Å². The minimum atomic E-state index is -0.779. The lowest BCUT2D eigenvalue weighted by molar-refractivity contribution is -0.139. The third kappa shape index (κ3) is 4.60. The van der Waals surface area contributed by atoms with E-state index >= 15 is 0 Å². The predicted molar refractivity (Wildman–Crippen MR) is 130 cm³/mol. The number of carbonyl (C=O) groups excluding carboxylic acids is 2. The molecule has 2 aromatic carbocycles. The van der Waals surface area contributed by atoms with Crippen molar-refractivity contribution in [2.75, 3.05) is 6.61 Å². The summed E-state index contributed by atoms with van der Waals surface area (Å²) < 4.78 is 12.3. The lowest BCUT2D eigenvalue weighted by atomic mass is 9.96. The van der Waals surface area contributed by atoms with Crippen molar-refractivity contribution in [1.82, 2.24) is 4.57 Å². The number of carbonyl (C=O) groups is 2. The fourth-order valence-electron chi connectivity index (χ4n) is 3.77. The smallest absolute Gasteiger partial charge is 0.338 e. The van der Waals surface area contributed by atoms with Crippen LogP contribution in [0.5, 0.6) is 5.75 Å². The molecule has 174 valence electrons. The fraction of sp³-hybridized carbons (Fsp3) is 0.200. The topological polar surface area (TPSA) is 87.0 Å². The number of esters is 2. The first-order valence-corrected chi connectivity index (χ1v) is 11.7. The molecule has 0 fully saturated rings. The zero-order valence-electron chi connectivity index (χ0n) is 18.7.